The first kappa shape index (κ1) is 16.4. The molecule has 1 unspecified atom stereocenters. The quantitative estimate of drug-likeness (QED) is 0.655. The van der Waals surface area contributed by atoms with Crippen LogP contribution >= 0.6 is 11.6 Å². The monoisotopic (exact) mass is 352 g/mol. The van der Waals surface area contributed by atoms with Crippen LogP contribution in [0.3, 0.4) is 0 Å². The maximum Gasteiger partial charge on any atom is 0.271 e. The van der Waals surface area contributed by atoms with Crippen molar-refractivity contribution in [2.24, 2.45) is 0 Å². The van der Waals surface area contributed by atoms with Crippen molar-refractivity contribution >= 4 is 11.6 Å². The zero-order valence-electron chi connectivity index (χ0n) is 12.5. The summed E-state index contributed by atoms with van der Waals surface area (Å²) in [6.45, 7) is 0.796. The number of rotatable bonds is 4. The van der Waals surface area contributed by atoms with E-state index in [0.29, 0.717) is 11.3 Å². The summed E-state index contributed by atoms with van der Waals surface area (Å²) in [5, 5.41) is 4.08. The molecule has 0 N–H and O–H groups in total. The standard InChI is InChI=1S/C16H12ClF3N4/c1-16(19,20)14(10-2-4-12(18)5-3-10)24-9-11(8-22-24)13-6-7-21-15(17)23-13/h2-9,14H,1H3. The van der Waals surface area contributed by atoms with Gasteiger partial charge in [-0.05, 0) is 35.4 Å². The molecule has 0 aliphatic heterocycles. The Balaban J connectivity index is 2.02. The van der Waals surface area contributed by atoms with Gasteiger partial charge >= 0.3 is 0 Å². The van der Waals surface area contributed by atoms with Crippen LogP contribution < -0.4 is 0 Å². The number of benzene rings is 1. The highest BCUT2D eigenvalue weighted by molar-refractivity contribution is 6.28. The molecular weight excluding hydrogens is 341 g/mol. The number of alkyl halides is 2. The van der Waals surface area contributed by atoms with Crippen molar-refractivity contribution in [3.05, 3.63) is 65.6 Å². The van der Waals surface area contributed by atoms with E-state index in [1.165, 1.54) is 30.7 Å². The summed E-state index contributed by atoms with van der Waals surface area (Å²) in [7, 11) is 0. The van der Waals surface area contributed by atoms with Crippen LogP contribution in [0, 0.1) is 5.82 Å². The van der Waals surface area contributed by atoms with Crippen molar-refractivity contribution in [1.29, 1.82) is 0 Å². The Morgan fingerprint density at radius 1 is 1.17 bits per heavy atom. The predicted octanol–water partition coefficient (Wildman–Crippen LogP) is 4.38. The first-order valence-electron chi connectivity index (χ1n) is 7.01. The lowest BCUT2D eigenvalue weighted by molar-refractivity contribution is -0.0217. The number of hydrogen-bond donors (Lipinski definition) is 0. The van der Waals surface area contributed by atoms with Crippen molar-refractivity contribution in [3.63, 3.8) is 0 Å². The van der Waals surface area contributed by atoms with Gasteiger partial charge in [0.2, 0.25) is 5.28 Å². The lowest BCUT2D eigenvalue weighted by Gasteiger charge is -2.24. The number of halogens is 4. The molecule has 0 fully saturated rings. The molecule has 2 heterocycles. The summed E-state index contributed by atoms with van der Waals surface area (Å²) in [5.41, 5.74) is 1.24. The topological polar surface area (TPSA) is 43.6 Å². The molecule has 3 aromatic rings. The molecule has 0 bridgehead atoms. The minimum atomic E-state index is -3.11. The highest BCUT2D eigenvalue weighted by Gasteiger charge is 2.37. The molecule has 124 valence electrons. The van der Waals surface area contributed by atoms with Gasteiger partial charge in [-0.2, -0.15) is 5.10 Å². The Labute approximate surface area is 140 Å². The molecule has 0 aliphatic rings. The fraction of sp³-hybridized carbons (Fsp3) is 0.188. The van der Waals surface area contributed by atoms with E-state index in [1.54, 1.807) is 6.07 Å². The van der Waals surface area contributed by atoms with Crippen molar-refractivity contribution < 1.29 is 13.2 Å². The number of aromatic nitrogens is 4. The third kappa shape index (κ3) is 3.41. The fourth-order valence-corrected chi connectivity index (χ4v) is 2.58. The molecule has 4 nitrogen and oxygen atoms in total. The van der Waals surface area contributed by atoms with Gasteiger partial charge in [0.15, 0.2) is 0 Å². The van der Waals surface area contributed by atoms with Gasteiger partial charge in [-0.3, -0.25) is 4.68 Å². The van der Waals surface area contributed by atoms with Gasteiger partial charge < -0.3 is 0 Å². The zero-order valence-corrected chi connectivity index (χ0v) is 13.3. The van der Waals surface area contributed by atoms with Crippen LogP contribution in [0.2, 0.25) is 5.28 Å². The first-order valence-corrected chi connectivity index (χ1v) is 7.39. The molecule has 8 heteroatoms. The second-order valence-corrected chi connectivity index (χ2v) is 5.67. The van der Waals surface area contributed by atoms with E-state index >= 15 is 0 Å². The molecule has 2 aromatic heterocycles. The average Bonchev–Trinajstić information content (AvgIpc) is 2.97. The fourth-order valence-electron chi connectivity index (χ4n) is 2.43. The van der Waals surface area contributed by atoms with Crippen LogP contribution in [0.4, 0.5) is 13.2 Å². The smallest absolute Gasteiger partial charge is 0.258 e. The van der Waals surface area contributed by atoms with Crippen LogP contribution in [-0.4, -0.2) is 25.7 Å². The predicted molar refractivity (Wildman–Crippen MR) is 83.4 cm³/mol. The number of nitrogens with zero attached hydrogens (tertiary/aromatic N) is 4. The van der Waals surface area contributed by atoms with Gasteiger partial charge in [0, 0.05) is 24.9 Å². The second-order valence-electron chi connectivity index (χ2n) is 5.33. The van der Waals surface area contributed by atoms with Crippen LogP contribution in [0.1, 0.15) is 18.5 Å². The maximum atomic E-state index is 14.1. The lowest BCUT2D eigenvalue weighted by atomic mass is 10.0. The molecule has 0 amide bonds. The molecule has 0 aliphatic carbocycles. The van der Waals surface area contributed by atoms with Gasteiger partial charge in [0.25, 0.3) is 5.92 Å². The Hall–Kier alpha value is -2.41. The highest BCUT2D eigenvalue weighted by atomic mass is 35.5. The summed E-state index contributed by atoms with van der Waals surface area (Å²) in [6.07, 6.45) is 4.33. The third-order valence-electron chi connectivity index (χ3n) is 3.45. The van der Waals surface area contributed by atoms with E-state index < -0.39 is 17.8 Å². The summed E-state index contributed by atoms with van der Waals surface area (Å²) in [4.78, 5) is 7.80. The first-order chi connectivity index (χ1) is 11.3. The molecular formula is C16H12ClF3N4. The van der Waals surface area contributed by atoms with Gasteiger partial charge in [0.1, 0.15) is 11.9 Å². The molecule has 0 saturated heterocycles. The minimum Gasteiger partial charge on any atom is -0.258 e. The van der Waals surface area contributed by atoms with Crippen LogP contribution in [0.15, 0.2) is 48.9 Å². The van der Waals surface area contributed by atoms with E-state index in [2.05, 4.69) is 15.1 Å². The van der Waals surface area contributed by atoms with Gasteiger partial charge in [-0.1, -0.05) is 12.1 Å². The van der Waals surface area contributed by atoms with Crippen LogP contribution in [0.5, 0.6) is 0 Å². The van der Waals surface area contributed by atoms with Crippen molar-refractivity contribution in [3.8, 4) is 11.3 Å². The number of hydrogen-bond acceptors (Lipinski definition) is 3. The van der Waals surface area contributed by atoms with Crippen LogP contribution in [0.25, 0.3) is 11.3 Å². The van der Waals surface area contributed by atoms with E-state index in [9.17, 15) is 13.2 Å². The normalized spacial score (nSPS) is 13.0. The van der Waals surface area contributed by atoms with Crippen molar-refractivity contribution in [2.45, 2.75) is 18.9 Å². The van der Waals surface area contributed by atoms with E-state index in [-0.39, 0.29) is 10.8 Å². The Bertz CT molecular complexity index is 843. The lowest BCUT2D eigenvalue weighted by Crippen LogP contribution is -2.29. The summed E-state index contributed by atoms with van der Waals surface area (Å²) in [6, 6.07) is 5.15. The molecule has 0 saturated carbocycles. The molecule has 0 radical (unpaired) electrons. The Morgan fingerprint density at radius 3 is 2.50 bits per heavy atom. The summed E-state index contributed by atoms with van der Waals surface area (Å²) < 4.78 is 42.5. The van der Waals surface area contributed by atoms with E-state index in [0.717, 1.165) is 23.7 Å². The van der Waals surface area contributed by atoms with Gasteiger partial charge in [-0.25, -0.2) is 23.1 Å². The van der Waals surface area contributed by atoms with E-state index in [1.807, 2.05) is 0 Å². The molecule has 3 rings (SSSR count). The third-order valence-corrected chi connectivity index (χ3v) is 3.64. The van der Waals surface area contributed by atoms with Crippen LogP contribution in [-0.2, 0) is 0 Å². The maximum absolute atomic E-state index is 14.1. The highest BCUT2D eigenvalue weighted by Crippen LogP contribution is 2.35. The van der Waals surface area contributed by atoms with Gasteiger partial charge in [-0.15, -0.1) is 0 Å². The molecule has 1 atom stereocenters. The second kappa shape index (κ2) is 6.24. The Morgan fingerprint density at radius 2 is 1.88 bits per heavy atom. The minimum absolute atomic E-state index is 0.0520. The van der Waals surface area contributed by atoms with Gasteiger partial charge in [0.05, 0.1) is 11.9 Å². The summed E-state index contributed by atoms with van der Waals surface area (Å²) in [5.74, 6) is -3.60. The van der Waals surface area contributed by atoms with Crippen molar-refractivity contribution in [1.82, 2.24) is 19.7 Å². The zero-order chi connectivity index (χ0) is 17.3. The van der Waals surface area contributed by atoms with Crippen molar-refractivity contribution in [2.75, 3.05) is 0 Å². The molecule has 1 aromatic carbocycles. The van der Waals surface area contributed by atoms with E-state index in [4.69, 9.17) is 11.6 Å². The SMILES string of the molecule is CC(F)(F)C(c1ccc(F)cc1)n1cc(-c2ccnc(Cl)n2)cn1. The average molecular weight is 353 g/mol. The Kier molecular flexibility index (Phi) is 4.28. The molecule has 24 heavy (non-hydrogen) atoms. The largest absolute Gasteiger partial charge is 0.271 e. The molecule has 0 spiro atoms. The summed E-state index contributed by atoms with van der Waals surface area (Å²) >= 11 is 5.74.